The van der Waals surface area contributed by atoms with Gasteiger partial charge in [0.2, 0.25) is 0 Å². The highest BCUT2D eigenvalue weighted by Gasteiger charge is 2.07. The fourth-order valence-electron chi connectivity index (χ4n) is 1.25. The molecule has 90 valence electrons. The molecular formula is C11H15Br2NOS. The van der Waals surface area contributed by atoms with Gasteiger partial charge in [-0.25, -0.2) is 0 Å². The van der Waals surface area contributed by atoms with Crippen molar-refractivity contribution < 1.29 is 5.11 Å². The van der Waals surface area contributed by atoms with Crippen molar-refractivity contribution in [3.05, 3.63) is 26.6 Å². The summed E-state index contributed by atoms with van der Waals surface area (Å²) < 4.78 is 1.68. The first kappa shape index (κ1) is 14.4. The zero-order valence-electron chi connectivity index (χ0n) is 9.26. The summed E-state index contributed by atoms with van der Waals surface area (Å²) in [6.07, 6.45) is 2.10. The molecule has 5 heteroatoms. The molecule has 2 N–H and O–H groups in total. The van der Waals surface area contributed by atoms with Crippen molar-refractivity contribution in [2.24, 2.45) is 0 Å². The first-order valence-electron chi connectivity index (χ1n) is 4.95. The van der Waals surface area contributed by atoms with Gasteiger partial charge in [0, 0.05) is 28.4 Å². The van der Waals surface area contributed by atoms with Crippen LogP contribution in [-0.2, 0) is 6.54 Å². The Morgan fingerprint density at radius 2 is 2.12 bits per heavy atom. The number of nitrogens with one attached hydrogen (secondary N) is 1. The SMILES string of the molecule is CSC(C)CNCc1cc(Br)cc(Br)c1O. The second-order valence-electron chi connectivity index (χ2n) is 3.57. The lowest BCUT2D eigenvalue weighted by atomic mass is 10.2. The Labute approximate surface area is 117 Å². The van der Waals surface area contributed by atoms with Crippen molar-refractivity contribution >= 4 is 43.6 Å². The van der Waals surface area contributed by atoms with E-state index in [4.69, 9.17) is 0 Å². The number of hydrogen-bond donors (Lipinski definition) is 2. The number of benzene rings is 1. The Morgan fingerprint density at radius 1 is 1.44 bits per heavy atom. The molecule has 0 amide bonds. The Balaban J connectivity index is 2.60. The minimum Gasteiger partial charge on any atom is -0.506 e. The average Bonchev–Trinajstić information content (AvgIpc) is 2.24. The molecule has 0 aliphatic carbocycles. The molecule has 0 saturated heterocycles. The van der Waals surface area contributed by atoms with Crippen molar-refractivity contribution in [3.63, 3.8) is 0 Å². The molecule has 0 aromatic heterocycles. The van der Waals surface area contributed by atoms with Gasteiger partial charge in [-0.15, -0.1) is 0 Å². The van der Waals surface area contributed by atoms with Gasteiger partial charge in [0.15, 0.2) is 0 Å². The smallest absolute Gasteiger partial charge is 0.134 e. The molecule has 0 heterocycles. The number of phenolic OH excluding ortho intramolecular Hbond substituents is 1. The molecule has 1 aromatic rings. The highest BCUT2D eigenvalue weighted by Crippen LogP contribution is 2.31. The lowest BCUT2D eigenvalue weighted by Gasteiger charge is -2.11. The lowest BCUT2D eigenvalue weighted by Crippen LogP contribution is -2.22. The third-order valence-corrected chi connectivity index (χ3v) is 4.29. The van der Waals surface area contributed by atoms with Crippen LogP contribution in [0.2, 0.25) is 0 Å². The maximum absolute atomic E-state index is 9.83. The molecule has 0 saturated carbocycles. The molecule has 1 aromatic carbocycles. The Bertz CT molecular complexity index is 360. The largest absolute Gasteiger partial charge is 0.506 e. The van der Waals surface area contributed by atoms with Gasteiger partial charge in [-0.05, 0) is 34.3 Å². The van der Waals surface area contributed by atoms with Gasteiger partial charge in [-0.2, -0.15) is 11.8 Å². The van der Waals surface area contributed by atoms with Gasteiger partial charge in [-0.1, -0.05) is 22.9 Å². The van der Waals surface area contributed by atoms with E-state index in [0.717, 1.165) is 21.1 Å². The molecular weight excluding hydrogens is 354 g/mol. The maximum Gasteiger partial charge on any atom is 0.134 e. The first-order valence-corrected chi connectivity index (χ1v) is 7.82. The summed E-state index contributed by atoms with van der Waals surface area (Å²) in [5.41, 5.74) is 0.898. The van der Waals surface area contributed by atoms with E-state index < -0.39 is 0 Å². The van der Waals surface area contributed by atoms with E-state index in [1.165, 1.54) is 0 Å². The topological polar surface area (TPSA) is 32.3 Å². The molecule has 0 aliphatic rings. The maximum atomic E-state index is 9.83. The first-order chi connectivity index (χ1) is 7.54. The minimum atomic E-state index is 0.313. The zero-order valence-corrected chi connectivity index (χ0v) is 13.2. The molecule has 0 spiro atoms. The number of thioether (sulfide) groups is 1. The fraction of sp³-hybridized carbons (Fsp3) is 0.455. The van der Waals surface area contributed by atoms with Crippen molar-refractivity contribution in [3.8, 4) is 5.75 Å². The molecule has 1 atom stereocenters. The van der Waals surface area contributed by atoms with E-state index in [-0.39, 0.29) is 0 Å². The van der Waals surface area contributed by atoms with Crippen LogP contribution in [0.15, 0.2) is 21.1 Å². The molecule has 2 nitrogen and oxygen atoms in total. The van der Waals surface area contributed by atoms with Crippen molar-refractivity contribution in [1.82, 2.24) is 5.32 Å². The second-order valence-corrected chi connectivity index (χ2v) is 6.62. The van der Waals surface area contributed by atoms with E-state index in [1.807, 2.05) is 23.9 Å². The quantitative estimate of drug-likeness (QED) is 0.829. The number of rotatable bonds is 5. The summed E-state index contributed by atoms with van der Waals surface area (Å²) in [5.74, 6) is 0.313. The van der Waals surface area contributed by atoms with Crippen LogP contribution in [0.3, 0.4) is 0 Å². The third kappa shape index (κ3) is 4.28. The van der Waals surface area contributed by atoms with Gasteiger partial charge in [0.1, 0.15) is 5.75 Å². The summed E-state index contributed by atoms with van der Waals surface area (Å²) in [5, 5.41) is 13.7. The third-order valence-electron chi connectivity index (χ3n) is 2.26. The molecule has 0 fully saturated rings. The van der Waals surface area contributed by atoms with Gasteiger partial charge in [0.05, 0.1) is 4.47 Å². The van der Waals surface area contributed by atoms with E-state index in [0.29, 0.717) is 17.5 Å². The van der Waals surface area contributed by atoms with E-state index >= 15 is 0 Å². The molecule has 16 heavy (non-hydrogen) atoms. The van der Waals surface area contributed by atoms with Crippen LogP contribution in [0.4, 0.5) is 0 Å². The van der Waals surface area contributed by atoms with E-state index in [2.05, 4.69) is 50.4 Å². The minimum absolute atomic E-state index is 0.313. The number of aromatic hydroxyl groups is 1. The lowest BCUT2D eigenvalue weighted by molar-refractivity contribution is 0.461. The van der Waals surface area contributed by atoms with Crippen molar-refractivity contribution in [1.29, 1.82) is 0 Å². The van der Waals surface area contributed by atoms with Crippen molar-refractivity contribution in [2.45, 2.75) is 18.7 Å². The van der Waals surface area contributed by atoms with Crippen LogP contribution >= 0.6 is 43.6 Å². The summed E-state index contributed by atoms with van der Waals surface area (Å²) >= 11 is 8.56. The molecule has 0 aliphatic heterocycles. The summed E-state index contributed by atoms with van der Waals surface area (Å²) in [7, 11) is 0. The van der Waals surface area contributed by atoms with Crippen LogP contribution in [-0.4, -0.2) is 23.2 Å². The van der Waals surface area contributed by atoms with Crippen molar-refractivity contribution in [2.75, 3.05) is 12.8 Å². The Morgan fingerprint density at radius 3 is 2.75 bits per heavy atom. The van der Waals surface area contributed by atoms with Crippen LogP contribution < -0.4 is 5.32 Å². The summed E-state index contributed by atoms with van der Waals surface area (Å²) in [4.78, 5) is 0. The molecule has 1 unspecified atom stereocenters. The zero-order chi connectivity index (χ0) is 12.1. The summed E-state index contributed by atoms with van der Waals surface area (Å²) in [6, 6.07) is 3.76. The molecule has 0 bridgehead atoms. The van der Waals surface area contributed by atoms with Crippen LogP contribution in [0.25, 0.3) is 0 Å². The van der Waals surface area contributed by atoms with Crippen LogP contribution in [0.1, 0.15) is 12.5 Å². The monoisotopic (exact) mass is 367 g/mol. The highest BCUT2D eigenvalue weighted by molar-refractivity contribution is 9.11. The van der Waals surface area contributed by atoms with Gasteiger partial charge in [0.25, 0.3) is 0 Å². The van der Waals surface area contributed by atoms with Crippen LogP contribution in [0.5, 0.6) is 5.75 Å². The van der Waals surface area contributed by atoms with Gasteiger partial charge >= 0.3 is 0 Å². The predicted molar refractivity (Wildman–Crippen MR) is 78.2 cm³/mol. The number of phenols is 1. The molecule has 0 radical (unpaired) electrons. The summed E-state index contributed by atoms with van der Waals surface area (Å²) in [6.45, 7) is 3.79. The normalized spacial score (nSPS) is 12.8. The fourth-order valence-corrected chi connectivity index (χ4v) is 2.85. The Hall–Kier alpha value is 0.290. The predicted octanol–water partition coefficient (Wildman–Crippen LogP) is 3.76. The van der Waals surface area contributed by atoms with Gasteiger partial charge in [-0.3, -0.25) is 0 Å². The average molecular weight is 369 g/mol. The van der Waals surface area contributed by atoms with Crippen LogP contribution in [0, 0.1) is 0 Å². The standard InChI is InChI=1S/C11H15Br2NOS/c1-7(16-2)5-14-6-8-3-9(12)4-10(13)11(8)15/h3-4,7,14-15H,5-6H2,1-2H3. The Kier molecular flexibility index (Phi) is 6.18. The van der Waals surface area contributed by atoms with E-state index in [1.54, 1.807) is 0 Å². The number of hydrogen-bond acceptors (Lipinski definition) is 3. The number of halogens is 2. The highest BCUT2D eigenvalue weighted by atomic mass is 79.9. The van der Waals surface area contributed by atoms with E-state index in [9.17, 15) is 5.11 Å². The molecule has 1 rings (SSSR count). The second kappa shape index (κ2) is 6.89. The van der Waals surface area contributed by atoms with Gasteiger partial charge < -0.3 is 10.4 Å².